The first-order chi connectivity index (χ1) is 8.97. The molecule has 1 aliphatic heterocycles. The summed E-state index contributed by atoms with van der Waals surface area (Å²) in [6, 6.07) is 0. The quantitative estimate of drug-likeness (QED) is 0.659. The highest BCUT2D eigenvalue weighted by molar-refractivity contribution is 4.85. The number of nitrogens with one attached hydrogen (secondary N) is 1. The Labute approximate surface area is 118 Å². The van der Waals surface area contributed by atoms with Gasteiger partial charge in [-0.15, -0.1) is 0 Å². The summed E-state index contributed by atoms with van der Waals surface area (Å²) in [5, 5.41) is 12.5. The van der Waals surface area contributed by atoms with Gasteiger partial charge in [-0.1, -0.05) is 6.42 Å². The van der Waals surface area contributed by atoms with Gasteiger partial charge in [0.25, 0.3) is 0 Å². The fourth-order valence-electron chi connectivity index (χ4n) is 2.80. The molecule has 2 unspecified atom stereocenters. The predicted octanol–water partition coefficient (Wildman–Crippen LogP) is 1.63. The summed E-state index contributed by atoms with van der Waals surface area (Å²) in [6.45, 7) is 7.88. The van der Waals surface area contributed by atoms with Crippen LogP contribution < -0.4 is 5.32 Å². The average Bonchev–Trinajstić information content (AvgIpc) is 2.43. The SMILES string of the molecule is CNC(C)(CO)CCCCN1CCCC(C)(OC)C1. The maximum Gasteiger partial charge on any atom is 0.0777 e. The summed E-state index contributed by atoms with van der Waals surface area (Å²) in [5.74, 6) is 0. The van der Waals surface area contributed by atoms with Gasteiger partial charge < -0.3 is 20.1 Å². The van der Waals surface area contributed by atoms with Gasteiger partial charge in [-0.25, -0.2) is 0 Å². The van der Waals surface area contributed by atoms with E-state index in [2.05, 4.69) is 24.1 Å². The average molecular weight is 272 g/mol. The lowest BCUT2D eigenvalue weighted by molar-refractivity contribution is -0.0509. The number of ether oxygens (including phenoxy) is 1. The minimum absolute atomic E-state index is 0.0445. The van der Waals surface area contributed by atoms with Crippen molar-refractivity contribution in [3.8, 4) is 0 Å². The molecular formula is C15H32N2O2. The molecule has 1 rings (SSSR count). The smallest absolute Gasteiger partial charge is 0.0777 e. The second-order valence-electron chi connectivity index (χ2n) is 6.46. The van der Waals surface area contributed by atoms with E-state index in [1.54, 1.807) is 0 Å². The Morgan fingerprint density at radius 2 is 2.16 bits per heavy atom. The molecule has 4 heteroatoms. The van der Waals surface area contributed by atoms with E-state index in [0.717, 1.165) is 25.9 Å². The number of methoxy groups -OCH3 is 1. The van der Waals surface area contributed by atoms with Crippen molar-refractivity contribution in [3.63, 3.8) is 0 Å². The van der Waals surface area contributed by atoms with Gasteiger partial charge in [0.1, 0.15) is 0 Å². The molecule has 0 aromatic heterocycles. The number of rotatable bonds is 8. The molecule has 114 valence electrons. The molecule has 1 aliphatic rings. The lowest BCUT2D eigenvalue weighted by Crippen LogP contribution is -2.47. The van der Waals surface area contributed by atoms with Crippen LogP contribution in [0, 0.1) is 0 Å². The number of likely N-dealkylation sites (N-methyl/N-ethyl adjacent to an activating group) is 1. The highest BCUT2D eigenvalue weighted by atomic mass is 16.5. The molecule has 0 radical (unpaired) electrons. The number of aliphatic hydroxyl groups excluding tert-OH is 1. The molecule has 0 saturated carbocycles. The summed E-state index contributed by atoms with van der Waals surface area (Å²) < 4.78 is 5.62. The van der Waals surface area contributed by atoms with Crippen molar-refractivity contribution in [1.82, 2.24) is 10.2 Å². The fraction of sp³-hybridized carbons (Fsp3) is 1.00. The van der Waals surface area contributed by atoms with Crippen LogP contribution in [0.15, 0.2) is 0 Å². The number of likely N-dealkylation sites (tertiary alicyclic amines) is 1. The van der Waals surface area contributed by atoms with Crippen molar-refractivity contribution in [1.29, 1.82) is 0 Å². The van der Waals surface area contributed by atoms with Crippen molar-refractivity contribution >= 4 is 0 Å². The molecule has 0 bridgehead atoms. The first-order valence-corrected chi connectivity index (χ1v) is 7.54. The van der Waals surface area contributed by atoms with Gasteiger partial charge in [-0.05, 0) is 59.7 Å². The van der Waals surface area contributed by atoms with Crippen LogP contribution in [0.1, 0.15) is 46.0 Å². The van der Waals surface area contributed by atoms with E-state index in [1.165, 1.54) is 25.8 Å². The number of aliphatic hydroxyl groups is 1. The third-order valence-electron chi connectivity index (χ3n) is 4.64. The molecule has 2 atom stereocenters. The molecule has 0 amide bonds. The van der Waals surface area contributed by atoms with Crippen LogP contribution in [0.4, 0.5) is 0 Å². The monoisotopic (exact) mass is 272 g/mol. The molecule has 1 heterocycles. The van der Waals surface area contributed by atoms with E-state index in [9.17, 15) is 5.11 Å². The van der Waals surface area contributed by atoms with Gasteiger partial charge in [0.2, 0.25) is 0 Å². The van der Waals surface area contributed by atoms with Crippen molar-refractivity contribution in [2.45, 2.75) is 57.1 Å². The van der Waals surface area contributed by atoms with Crippen molar-refractivity contribution in [2.24, 2.45) is 0 Å². The highest BCUT2D eigenvalue weighted by Crippen LogP contribution is 2.24. The van der Waals surface area contributed by atoms with E-state index in [4.69, 9.17) is 4.74 Å². The fourth-order valence-corrected chi connectivity index (χ4v) is 2.80. The zero-order valence-corrected chi connectivity index (χ0v) is 13.2. The molecule has 4 nitrogen and oxygen atoms in total. The Balaban J connectivity index is 2.22. The van der Waals surface area contributed by atoms with Gasteiger partial charge in [0, 0.05) is 19.2 Å². The molecule has 0 aromatic rings. The Hall–Kier alpha value is -0.160. The number of piperidine rings is 1. The highest BCUT2D eigenvalue weighted by Gasteiger charge is 2.30. The molecule has 0 spiro atoms. The van der Waals surface area contributed by atoms with E-state index in [1.807, 2.05) is 14.2 Å². The molecule has 0 aliphatic carbocycles. The third-order valence-corrected chi connectivity index (χ3v) is 4.64. The van der Waals surface area contributed by atoms with Crippen molar-refractivity contribution in [3.05, 3.63) is 0 Å². The van der Waals surface area contributed by atoms with Crippen molar-refractivity contribution in [2.75, 3.05) is 40.4 Å². The Kier molecular flexibility index (Phi) is 6.74. The minimum Gasteiger partial charge on any atom is -0.394 e. The van der Waals surface area contributed by atoms with Crippen LogP contribution >= 0.6 is 0 Å². The second kappa shape index (κ2) is 7.58. The van der Waals surface area contributed by atoms with Crippen LogP contribution in [0.5, 0.6) is 0 Å². The number of hydrogen-bond donors (Lipinski definition) is 2. The Bertz CT molecular complexity index is 257. The molecule has 1 fully saturated rings. The summed E-state index contributed by atoms with van der Waals surface area (Å²) in [4.78, 5) is 2.52. The van der Waals surface area contributed by atoms with E-state index in [-0.39, 0.29) is 17.7 Å². The van der Waals surface area contributed by atoms with E-state index >= 15 is 0 Å². The van der Waals surface area contributed by atoms with Gasteiger partial charge in [-0.3, -0.25) is 0 Å². The van der Waals surface area contributed by atoms with Crippen LogP contribution in [0.25, 0.3) is 0 Å². The van der Waals surface area contributed by atoms with Crippen LogP contribution in [-0.4, -0.2) is 61.5 Å². The standard InChI is InChI=1S/C15H32N2O2/c1-14(13-18,16-3)8-5-6-10-17-11-7-9-15(2,12-17)19-4/h16,18H,5-13H2,1-4H3. The number of nitrogens with zero attached hydrogens (tertiary/aromatic N) is 1. The molecule has 1 saturated heterocycles. The summed E-state index contributed by atoms with van der Waals surface area (Å²) in [7, 11) is 3.74. The summed E-state index contributed by atoms with van der Waals surface area (Å²) in [5.41, 5.74) is -0.0776. The lowest BCUT2D eigenvalue weighted by Gasteiger charge is -2.39. The normalized spacial score (nSPS) is 28.3. The van der Waals surface area contributed by atoms with Gasteiger partial charge in [0.05, 0.1) is 12.2 Å². The molecule has 2 N–H and O–H groups in total. The first-order valence-electron chi connectivity index (χ1n) is 7.54. The van der Waals surface area contributed by atoms with Gasteiger partial charge >= 0.3 is 0 Å². The molecular weight excluding hydrogens is 240 g/mol. The van der Waals surface area contributed by atoms with Gasteiger partial charge in [-0.2, -0.15) is 0 Å². The summed E-state index contributed by atoms with van der Waals surface area (Å²) >= 11 is 0. The third kappa shape index (κ3) is 5.38. The zero-order valence-electron chi connectivity index (χ0n) is 13.2. The topological polar surface area (TPSA) is 44.7 Å². The van der Waals surface area contributed by atoms with E-state index < -0.39 is 0 Å². The first kappa shape index (κ1) is 16.9. The maximum atomic E-state index is 9.34. The number of unbranched alkanes of at least 4 members (excludes halogenated alkanes) is 1. The lowest BCUT2D eigenvalue weighted by atomic mass is 9.93. The Morgan fingerprint density at radius 1 is 1.42 bits per heavy atom. The van der Waals surface area contributed by atoms with Crippen LogP contribution in [-0.2, 0) is 4.74 Å². The number of hydrogen-bond acceptors (Lipinski definition) is 4. The second-order valence-corrected chi connectivity index (χ2v) is 6.46. The van der Waals surface area contributed by atoms with Crippen LogP contribution in [0.2, 0.25) is 0 Å². The van der Waals surface area contributed by atoms with Crippen LogP contribution in [0.3, 0.4) is 0 Å². The Morgan fingerprint density at radius 3 is 2.74 bits per heavy atom. The molecule has 19 heavy (non-hydrogen) atoms. The zero-order chi connectivity index (χ0) is 14.4. The molecule has 0 aromatic carbocycles. The van der Waals surface area contributed by atoms with Crippen molar-refractivity contribution < 1.29 is 9.84 Å². The largest absolute Gasteiger partial charge is 0.394 e. The van der Waals surface area contributed by atoms with E-state index in [0.29, 0.717) is 0 Å². The minimum atomic E-state index is -0.122. The summed E-state index contributed by atoms with van der Waals surface area (Å²) in [6.07, 6.45) is 5.77. The predicted molar refractivity (Wildman–Crippen MR) is 79.5 cm³/mol. The maximum absolute atomic E-state index is 9.34. The van der Waals surface area contributed by atoms with Gasteiger partial charge in [0.15, 0.2) is 0 Å².